The van der Waals surface area contributed by atoms with Crippen molar-refractivity contribution >= 4 is 5.65 Å². The van der Waals surface area contributed by atoms with E-state index in [4.69, 9.17) is 9.72 Å². The number of aromatic nitrogens is 4. The third-order valence-corrected chi connectivity index (χ3v) is 3.99. The molecule has 0 N–H and O–H groups in total. The average Bonchev–Trinajstić information content (AvgIpc) is 3.01. The molecule has 24 heavy (non-hydrogen) atoms. The molecule has 0 fully saturated rings. The Kier molecular flexibility index (Phi) is 4.79. The van der Waals surface area contributed by atoms with E-state index in [1.54, 1.807) is 16.9 Å². The Balaban J connectivity index is 1.79. The van der Waals surface area contributed by atoms with Gasteiger partial charge in [-0.1, -0.05) is 20.8 Å². The molecule has 5 nitrogen and oxygen atoms in total. The van der Waals surface area contributed by atoms with Crippen LogP contribution in [0.3, 0.4) is 0 Å². The Hall–Kier alpha value is -2.43. The fourth-order valence-electron chi connectivity index (χ4n) is 2.98. The minimum atomic E-state index is 0.535. The van der Waals surface area contributed by atoms with E-state index in [0.29, 0.717) is 11.8 Å². The summed E-state index contributed by atoms with van der Waals surface area (Å²) in [5.41, 5.74) is 3.50. The van der Waals surface area contributed by atoms with Crippen molar-refractivity contribution in [1.82, 2.24) is 19.6 Å². The van der Waals surface area contributed by atoms with E-state index in [2.05, 4.69) is 30.9 Å². The van der Waals surface area contributed by atoms with Gasteiger partial charge in [0.15, 0.2) is 5.65 Å². The van der Waals surface area contributed by atoms with Gasteiger partial charge in [-0.3, -0.25) is 0 Å². The van der Waals surface area contributed by atoms with Crippen molar-refractivity contribution in [3.8, 4) is 17.1 Å². The molecule has 0 aliphatic heterocycles. The van der Waals surface area contributed by atoms with Crippen LogP contribution < -0.4 is 4.74 Å². The fraction of sp³-hybridized carbons (Fsp3) is 0.421. The topological polar surface area (TPSA) is 52.3 Å². The van der Waals surface area contributed by atoms with Crippen LogP contribution in [-0.4, -0.2) is 26.2 Å². The monoisotopic (exact) mass is 324 g/mol. The van der Waals surface area contributed by atoms with Crippen LogP contribution in [0, 0.1) is 18.8 Å². The van der Waals surface area contributed by atoms with Crippen LogP contribution >= 0.6 is 0 Å². The molecule has 0 aliphatic carbocycles. The van der Waals surface area contributed by atoms with Crippen LogP contribution in [0.15, 0.2) is 36.7 Å². The molecule has 3 heterocycles. The number of ether oxygens (including phenoxy) is 1. The largest absolute Gasteiger partial charge is 0.491 e. The summed E-state index contributed by atoms with van der Waals surface area (Å²) in [6.45, 7) is 9.40. The maximum Gasteiger partial charge on any atom is 0.155 e. The molecule has 0 aliphatic rings. The van der Waals surface area contributed by atoms with Gasteiger partial charge in [0.05, 0.1) is 29.9 Å². The van der Waals surface area contributed by atoms with Crippen molar-refractivity contribution in [2.24, 2.45) is 11.8 Å². The smallest absolute Gasteiger partial charge is 0.155 e. The third-order valence-electron chi connectivity index (χ3n) is 3.99. The molecule has 0 amide bonds. The fourth-order valence-corrected chi connectivity index (χ4v) is 2.98. The predicted molar refractivity (Wildman–Crippen MR) is 95.1 cm³/mol. The highest BCUT2D eigenvalue weighted by Crippen LogP contribution is 2.24. The molecule has 126 valence electrons. The van der Waals surface area contributed by atoms with Crippen molar-refractivity contribution in [3.63, 3.8) is 0 Å². The van der Waals surface area contributed by atoms with E-state index in [1.165, 1.54) is 6.42 Å². The van der Waals surface area contributed by atoms with E-state index < -0.39 is 0 Å². The lowest BCUT2D eigenvalue weighted by atomic mass is 10.00. The Labute approximate surface area is 142 Å². The molecule has 3 aromatic heterocycles. The number of hydrogen-bond acceptors (Lipinski definition) is 4. The first-order valence-electron chi connectivity index (χ1n) is 8.44. The van der Waals surface area contributed by atoms with Crippen LogP contribution in [0.5, 0.6) is 5.75 Å². The first-order valence-corrected chi connectivity index (χ1v) is 8.44. The first kappa shape index (κ1) is 16.4. The maximum absolute atomic E-state index is 5.97. The highest BCUT2D eigenvalue weighted by molar-refractivity contribution is 5.59. The summed E-state index contributed by atoms with van der Waals surface area (Å²) in [4.78, 5) is 8.99. The third kappa shape index (κ3) is 3.55. The number of hydrogen-bond donors (Lipinski definition) is 0. The zero-order valence-corrected chi connectivity index (χ0v) is 14.7. The Morgan fingerprint density at radius 3 is 2.67 bits per heavy atom. The maximum atomic E-state index is 5.97. The van der Waals surface area contributed by atoms with Gasteiger partial charge in [-0.15, -0.1) is 0 Å². The quantitative estimate of drug-likeness (QED) is 0.683. The zero-order chi connectivity index (χ0) is 17.1. The van der Waals surface area contributed by atoms with Gasteiger partial charge in [-0.2, -0.15) is 5.10 Å². The molecule has 3 rings (SSSR count). The number of rotatable bonds is 6. The van der Waals surface area contributed by atoms with Gasteiger partial charge in [0.2, 0.25) is 0 Å². The normalized spacial score (nSPS) is 12.7. The first-order chi connectivity index (χ1) is 11.5. The van der Waals surface area contributed by atoms with E-state index in [1.807, 2.05) is 31.2 Å². The molecule has 0 unspecified atom stereocenters. The summed E-state index contributed by atoms with van der Waals surface area (Å²) in [6.07, 6.45) is 4.69. The summed E-state index contributed by atoms with van der Waals surface area (Å²) in [6, 6.07) is 7.78. The minimum absolute atomic E-state index is 0.535. The van der Waals surface area contributed by atoms with Crippen molar-refractivity contribution in [3.05, 3.63) is 42.4 Å². The molecule has 3 aromatic rings. The van der Waals surface area contributed by atoms with E-state index in [9.17, 15) is 0 Å². The van der Waals surface area contributed by atoms with Gasteiger partial charge in [-0.25, -0.2) is 14.5 Å². The Morgan fingerprint density at radius 2 is 1.92 bits per heavy atom. The van der Waals surface area contributed by atoms with Crippen LogP contribution in [0.2, 0.25) is 0 Å². The standard InChI is InChI=1S/C19H24N4O/c1-13(2)11-14(3)12-24-18-6-5-16(22-15(18)4)17-7-9-20-19-8-10-21-23(17)19/h5-10,13-14H,11-12H2,1-4H3/t14-/m1/s1. The van der Waals surface area contributed by atoms with Gasteiger partial charge in [-0.05, 0) is 43.4 Å². The van der Waals surface area contributed by atoms with Gasteiger partial charge < -0.3 is 4.74 Å². The van der Waals surface area contributed by atoms with Gasteiger partial charge in [0.25, 0.3) is 0 Å². The average molecular weight is 324 g/mol. The molecular weight excluding hydrogens is 300 g/mol. The van der Waals surface area contributed by atoms with Gasteiger partial charge in [0.1, 0.15) is 5.75 Å². The molecule has 0 bridgehead atoms. The minimum Gasteiger partial charge on any atom is -0.491 e. The second kappa shape index (κ2) is 6.99. The highest BCUT2D eigenvalue weighted by Gasteiger charge is 2.11. The summed E-state index contributed by atoms with van der Waals surface area (Å²) >= 11 is 0. The van der Waals surface area contributed by atoms with Gasteiger partial charge in [0, 0.05) is 12.3 Å². The Morgan fingerprint density at radius 1 is 1.08 bits per heavy atom. The Bertz CT molecular complexity index is 825. The lowest BCUT2D eigenvalue weighted by Gasteiger charge is -2.16. The molecule has 0 spiro atoms. The predicted octanol–water partition coefficient (Wildman–Crippen LogP) is 4.16. The van der Waals surface area contributed by atoms with Gasteiger partial charge >= 0.3 is 0 Å². The number of pyridine rings is 1. The second-order valence-corrected chi connectivity index (χ2v) is 6.76. The zero-order valence-electron chi connectivity index (χ0n) is 14.7. The van der Waals surface area contributed by atoms with Crippen LogP contribution in [0.25, 0.3) is 17.0 Å². The van der Waals surface area contributed by atoms with Crippen LogP contribution in [0.4, 0.5) is 0 Å². The highest BCUT2D eigenvalue weighted by atomic mass is 16.5. The molecule has 1 atom stereocenters. The van der Waals surface area contributed by atoms with Crippen molar-refractivity contribution in [2.75, 3.05) is 6.61 Å². The molecule has 0 saturated carbocycles. The van der Waals surface area contributed by atoms with Crippen molar-refractivity contribution < 1.29 is 4.74 Å². The van der Waals surface area contributed by atoms with Crippen LogP contribution in [0.1, 0.15) is 32.9 Å². The summed E-state index contributed by atoms with van der Waals surface area (Å²) in [5.74, 6) is 2.07. The molecule has 5 heteroatoms. The molecular formula is C19H24N4O. The van der Waals surface area contributed by atoms with E-state index in [0.717, 1.165) is 35.1 Å². The van der Waals surface area contributed by atoms with E-state index in [-0.39, 0.29) is 0 Å². The lowest BCUT2D eigenvalue weighted by molar-refractivity contribution is 0.237. The molecule has 0 saturated heterocycles. The van der Waals surface area contributed by atoms with Crippen molar-refractivity contribution in [2.45, 2.75) is 34.1 Å². The van der Waals surface area contributed by atoms with E-state index >= 15 is 0 Å². The number of fused-ring (bicyclic) bond motifs is 1. The SMILES string of the molecule is Cc1nc(-c2ccnc3ccnn23)ccc1OC[C@H](C)CC(C)C. The number of nitrogens with zero attached hydrogens (tertiary/aromatic N) is 4. The summed E-state index contributed by atoms with van der Waals surface area (Å²) < 4.78 is 7.76. The summed E-state index contributed by atoms with van der Waals surface area (Å²) in [5, 5.41) is 4.32. The lowest BCUT2D eigenvalue weighted by Crippen LogP contribution is -2.12. The van der Waals surface area contributed by atoms with Crippen molar-refractivity contribution in [1.29, 1.82) is 0 Å². The number of aryl methyl sites for hydroxylation is 1. The molecule has 0 aromatic carbocycles. The second-order valence-electron chi connectivity index (χ2n) is 6.76. The van der Waals surface area contributed by atoms with Crippen LogP contribution in [-0.2, 0) is 0 Å². The summed E-state index contributed by atoms with van der Waals surface area (Å²) in [7, 11) is 0. The molecule has 0 radical (unpaired) electrons.